The largest absolute Gasteiger partial charge is 0.480 e. The monoisotopic (exact) mass is 283 g/mol. The Bertz CT molecular complexity index is 579. The molecule has 1 aromatic rings. The van der Waals surface area contributed by atoms with Crippen LogP contribution in [-0.4, -0.2) is 49.3 Å². The van der Waals surface area contributed by atoms with E-state index in [0.29, 0.717) is 0 Å². The van der Waals surface area contributed by atoms with E-state index in [1.54, 1.807) is 36.2 Å². The third-order valence-electron chi connectivity index (χ3n) is 3.58. The van der Waals surface area contributed by atoms with Gasteiger partial charge in [-0.25, -0.2) is 8.42 Å². The highest BCUT2D eigenvalue weighted by molar-refractivity contribution is 7.92. The number of likely N-dealkylation sites (N-methyl/N-ethyl adjacent to an activating group) is 1. The van der Waals surface area contributed by atoms with Gasteiger partial charge >= 0.3 is 5.97 Å². The van der Waals surface area contributed by atoms with Crippen LogP contribution in [0.1, 0.15) is 12.0 Å². The highest BCUT2D eigenvalue weighted by Crippen LogP contribution is 2.27. The smallest absolute Gasteiger partial charge is 0.320 e. The van der Waals surface area contributed by atoms with Crippen molar-refractivity contribution in [1.29, 1.82) is 0 Å². The third kappa shape index (κ3) is 2.64. The summed E-state index contributed by atoms with van der Waals surface area (Å²) in [4.78, 5) is 12.9. The molecule has 0 aromatic heterocycles. The second-order valence-electron chi connectivity index (χ2n) is 5.01. The summed E-state index contributed by atoms with van der Waals surface area (Å²) in [6.07, 6.45) is 0.141. The topological polar surface area (TPSA) is 74.7 Å². The molecule has 0 amide bonds. The molecule has 1 fully saturated rings. The average molecular weight is 283 g/mol. The molecular weight excluding hydrogens is 266 g/mol. The summed E-state index contributed by atoms with van der Waals surface area (Å²) in [5.41, 5.74) is 0.992. The molecule has 0 unspecified atom stereocenters. The minimum atomic E-state index is -3.46. The highest BCUT2D eigenvalue weighted by Gasteiger charge is 2.41. The minimum Gasteiger partial charge on any atom is -0.480 e. The molecule has 1 heterocycles. The van der Waals surface area contributed by atoms with Crippen molar-refractivity contribution >= 4 is 15.8 Å². The maximum absolute atomic E-state index is 12.4. The van der Waals surface area contributed by atoms with Crippen molar-refractivity contribution in [2.24, 2.45) is 0 Å². The zero-order chi connectivity index (χ0) is 14.2. The van der Waals surface area contributed by atoms with Crippen LogP contribution in [0.5, 0.6) is 0 Å². The van der Waals surface area contributed by atoms with Crippen LogP contribution < -0.4 is 0 Å². The zero-order valence-electron chi connectivity index (χ0n) is 10.9. The Morgan fingerprint density at radius 1 is 1.32 bits per heavy atom. The van der Waals surface area contributed by atoms with E-state index < -0.39 is 27.1 Å². The van der Waals surface area contributed by atoms with E-state index >= 15 is 0 Å². The van der Waals surface area contributed by atoms with Crippen LogP contribution in [0.15, 0.2) is 29.2 Å². The standard InChI is InChI=1S/C13H17NO4S/c1-9-3-5-10(6-4-9)19(17,18)11-7-12(13(15)16)14(2)8-11/h3-6,11-12H,7-8H2,1-2H3,(H,15,16)/t11-,12+/m1/s1. The second kappa shape index (κ2) is 4.94. The van der Waals surface area contributed by atoms with Gasteiger partial charge in [-0.05, 0) is 32.5 Å². The number of nitrogens with zero attached hydrogens (tertiary/aromatic N) is 1. The number of hydrogen-bond donors (Lipinski definition) is 1. The maximum Gasteiger partial charge on any atom is 0.320 e. The van der Waals surface area contributed by atoms with Gasteiger partial charge in [0.05, 0.1) is 10.1 Å². The van der Waals surface area contributed by atoms with Gasteiger partial charge in [0.15, 0.2) is 9.84 Å². The normalized spacial score (nSPS) is 24.5. The number of carboxylic acid groups (broad SMARTS) is 1. The van der Waals surface area contributed by atoms with Crippen LogP contribution in [0, 0.1) is 6.92 Å². The van der Waals surface area contributed by atoms with Crippen LogP contribution in [0.3, 0.4) is 0 Å². The predicted octanol–water partition coefficient (Wildman–Crippen LogP) is 0.926. The zero-order valence-corrected chi connectivity index (χ0v) is 11.7. The molecular formula is C13H17NO4S. The van der Waals surface area contributed by atoms with Crippen molar-refractivity contribution in [3.05, 3.63) is 29.8 Å². The molecule has 1 aromatic carbocycles. The lowest BCUT2D eigenvalue weighted by molar-refractivity contribution is -0.141. The Balaban J connectivity index is 2.27. The van der Waals surface area contributed by atoms with E-state index in [-0.39, 0.29) is 17.9 Å². The molecule has 104 valence electrons. The summed E-state index contributed by atoms with van der Waals surface area (Å²) in [7, 11) is -1.82. The number of carbonyl (C=O) groups is 1. The van der Waals surface area contributed by atoms with Gasteiger partial charge in [0.25, 0.3) is 0 Å². The number of carboxylic acids is 1. The van der Waals surface area contributed by atoms with Gasteiger partial charge in [0.1, 0.15) is 6.04 Å². The summed E-state index contributed by atoms with van der Waals surface area (Å²) in [6.45, 7) is 2.15. The van der Waals surface area contributed by atoms with Crippen molar-refractivity contribution in [3.63, 3.8) is 0 Å². The SMILES string of the molecule is Cc1ccc(S(=O)(=O)[C@@H]2C[C@@H](C(=O)O)N(C)C2)cc1. The van der Waals surface area contributed by atoms with E-state index in [1.807, 2.05) is 6.92 Å². The first-order valence-electron chi connectivity index (χ1n) is 6.06. The number of aryl methyl sites for hydroxylation is 1. The molecule has 2 atom stereocenters. The number of benzene rings is 1. The van der Waals surface area contributed by atoms with E-state index in [9.17, 15) is 13.2 Å². The predicted molar refractivity (Wildman–Crippen MR) is 70.8 cm³/mol. The maximum atomic E-state index is 12.4. The van der Waals surface area contributed by atoms with Crippen molar-refractivity contribution in [3.8, 4) is 0 Å². The quantitative estimate of drug-likeness (QED) is 0.893. The number of rotatable bonds is 3. The number of sulfone groups is 1. The lowest BCUT2D eigenvalue weighted by Gasteiger charge is -2.13. The van der Waals surface area contributed by atoms with Crippen molar-refractivity contribution in [1.82, 2.24) is 4.90 Å². The summed E-state index contributed by atoms with van der Waals surface area (Å²) in [5, 5.41) is 8.39. The first-order valence-corrected chi connectivity index (χ1v) is 7.60. The van der Waals surface area contributed by atoms with Gasteiger partial charge < -0.3 is 5.11 Å². The third-order valence-corrected chi connectivity index (χ3v) is 5.73. The minimum absolute atomic E-state index is 0.141. The Morgan fingerprint density at radius 3 is 2.37 bits per heavy atom. The molecule has 0 spiro atoms. The van der Waals surface area contributed by atoms with Crippen molar-refractivity contribution in [2.75, 3.05) is 13.6 Å². The number of likely N-dealkylation sites (tertiary alicyclic amines) is 1. The van der Waals surface area contributed by atoms with Gasteiger partial charge in [0.2, 0.25) is 0 Å². The van der Waals surface area contributed by atoms with Crippen LogP contribution in [0.25, 0.3) is 0 Å². The van der Waals surface area contributed by atoms with Gasteiger partial charge in [-0.15, -0.1) is 0 Å². The summed E-state index contributed by atoms with van der Waals surface area (Å²) in [5.74, 6) is -0.968. The molecule has 1 N–H and O–H groups in total. The van der Waals surface area contributed by atoms with Gasteiger partial charge in [-0.3, -0.25) is 9.69 Å². The van der Waals surface area contributed by atoms with E-state index in [1.165, 1.54) is 0 Å². The van der Waals surface area contributed by atoms with Crippen LogP contribution in [-0.2, 0) is 14.6 Å². The molecule has 2 rings (SSSR count). The molecule has 0 saturated carbocycles. The molecule has 1 aliphatic rings. The molecule has 19 heavy (non-hydrogen) atoms. The fraction of sp³-hybridized carbons (Fsp3) is 0.462. The fourth-order valence-electron chi connectivity index (χ4n) is 2.39. The molecule has 1 saturated heterocycles. The molecule has 1 aliphatic heterocycles. The lowest BCUT2D eigenvalue weighted by Crippen LogP contribution is -2.32. The Morgan fingerprint density at radius 2 is 1.89 bits per heavy atom. The summed E-state index contributed by atoms with van der Waals surface area (Å²) < 4.78 is 24.9. The van der Waals surface area contributed by atoms with Crippen LogP contribution in [0.2, 0.25) is 0 Å². The van der Waals surface area contributed by atoms with Gasteiger partial charge in [0, 0.05) is 6.54 Å². The highest BCUT2D eigenvalue weighted by atomic mass is 32.2. The Labute approximate surface area is 112 Å². The molecule has 0 radical (unpaired) electrons. The fourth-order valence-corrected chi connectivity index (χ4v) is 4.15. The van der Waals surface area contributed by atoms with E-state index in [4.69, 9.17) is 5.11 Å². The van der Waals surface area contributed by atoms with Crippen LogP contribution in [0.4, 0.5) is 0 Å². The second-order valence-corrected chi connectivity index (χ2v) is 7.24. The number of hydrogen-bond acceptors (Lipinski definition) is 4. The van der Waals surface area contributed by atoms with Gasteiger partial charge in [-0.1, -0.05) is 17.7 Å². The van der Waals surface area contributed by atoms with E-state index in [0.717, 1.165) is 5.56 Å². The molecule has 0 aliphatic carbocycles. The van der Waals surface area contributed by atoms with Gasteiger partial charge in [-0.2, -0.15) is 0 Å². The first-order chi connectivity index (χ1) is 8.82. The number of aliphatic carboxylic acids is 1. The lowest BCUT2D eigenvalue weighted by atomic mass is 10.2. The van der Waals surface area contributed by atoms with Crippen LogP contribution >= 0.6 is 0 Å². The Hall–Kier alpha value is -1.40. The van der Waals surface area contributed by atoms with Crippen molar-refractivity contribution in [2.45, 2.75) is 29.5 Å². The first kappa shape index (κ1) is 14.0. The molecule has 5 nitrogen and oxygen atoms in total. The summed E-state index contributed by atoms with van der Waals surface area (Å²) in [6, 6.07) is 5.95. The average Bonchev–Trinajstić information content (AvgIpc) is 2.72. The Kier molecular flexibility index (Phi) is 3.64. The van der Waals surface area contributed by atoms with E-state index in [2.05, 4.69) is 0 Å². The van der Waals surface area contributed by atoms with Crippen molar-refractivity contribution < 1.29 is 18.3 Å². The summed E-state index contributed by atoms with van der Waals surface area (Å²) >= 11 is 0. The molecule has 6 heteroatoms. The molecule has 0 bridgehead atoms.